The number of hydrogen-bond acceptors (Lipinski definition) is 3. The maximum atomic E-state index is 11.7. The van der Waals surface area contributed by atoms with Crippen molar-refractivity contribution in [3.8, 4) is 0 Å². The molecule has 1 aromatic rings. The van der Waals surface area contributed by atoms with E-state index in [0.717, 1.165) is 0 Å². The molecule has 0 saturated heterocycles. The number of anilines is 1. The zero-order valence-corrected chi connectivity index (χ0v) is 9.47. The van der Waals surface area contributed by atoms with Gasteiger partial charge in [-0.1, -0.05) is 23.2 Å². The van der Waals surface area contributed by atoms with Crippen molar-refractivity contribution in [2.45, 2.75) is 12.5 Å². The van der Waals surface area contributed by atoms with Gasteiger partial charge in [-0.25, -0.2) is 4.79 Å². The molecule has 1 aliphatic rings. The number of benzene rings is 1. The molecule has 16 heavy (non-hydrogen) atoms. The molecule has 0 aliphatic carbocycles. The first-order valence-corrected chi connectivity index (χ1v) is 5.26. The number of fused-ring (bicyclic) bond motifs is 1. The molecule has 1 heterocycles. The van der Waals surface area contributed by atoms with Gasteiger partial charge in [0.25, 0.3) is 0 Å². The number of hydrogen-bond donors (Lipinski definition) is 2. The molecule has 0 bridgehead atoms. The minimum absolute atomic E-state index is 0.107. The molecule has 4 nitrogen and oxygen atoms in total. The van der Waals surface area contributed by atoms with Gasteiger partial charge in [-0.15, -0.1) is 0 Å². The lowest BCUT2D eigenvalue weighted by molar-refractivity contribution is -0.137. The van der Waals surface area contributed by atoms with Gasteiger partial charge in [0.15, 0.2) is 5.78 Å². The minimum atomic E-state index is -1.07. The summed E-state index contributed by atoms with van der Waals surface area (Å²) >= 11 is 11.7. The second kappa shape index (κ2) is 3.96. The Labute approximate surface area is 101 Å². The zero-order valence-electron chi connectivity index (χ0n) is 7.96. The first kappa shape index (κ1) is 11.2. The SMILES string of the molecule is O=C1C[C@H](C(=O)O)Nc2cc(Cl)cc(Cl)c21. The molecule has 1 aromatic carbocycles. The van der Waals surface area contributed by atoms with E-state index in [1.165, 1.54) is 12.1 Å². The van der Waals surface area contributed by atoms with Gasteiger partial charge in [-0.05, 0) is 12.1 Å². The summed E-state index contributed by atoms with van der Waals surface area (Å²) in [7, 11) is 0. The van der Waals surface area contributed by atoms with Crippen molar-refractivity contribution >= 4 is 40.6 Å². The Morgan fingerprint density at radius 1 is 1.44 bits per heavy atom. The molecule has 0 radical (unpaired) electrons. The molecule has 6 heteroatoms. The lowest BCUT2D eigenvalue weighted by atomic mass is 9.97. The third-order valence-corrected chi connectivity index (χ3v) is 2.87. The monoisotopic (exact) mass is 259 g/mol. The van der Waals surface area contributed by atoms with E-state index in [9.17, 15) is 9.59 Å². The van der Waals surface area contributed by atoms with E-state index in [2.05, 4.69) is 5.32 Å². The van der Waals surface area contributed by atoms with Crippen LogP contribution in [0.15, 0.2) is 12.1 Å². The fourth-order valence-electron chi connectivity index (χ4n) is 1.65. The fraction of sp³-hybridized carbons (Fsp3) is 0.200. The van der Waals surface area contributed by atoms with Crippen LogP contribution in [-0.2, 0) is 4.79 Å². The zero-order chi connectivity index (χ0) is 11.9. The number of aliphatic carboxylic acids is 1. The van der Waals surface area contributed by atoms with Crippen molar-refractivity contribution in [2.75, 3.05) is 5.32 Å². The highest BCUT2D eigenvalue weighted by Gasteiger charge is 2.30. The van der Waals surface area contributed by atoms with Crippen molar-refractivity contribution in [2.24, 2.45) is 0 Å². The molecule has 0 saturated carbocycles. The number of Topliss-reactive ketones (excluding diaryl/α,β-unsaturated/α-hetero) is 1. The van der Waals surface area contributed by atoms with Crippen LogP contribution < -0.4 is 5.32 Å². The Hall–Kier alpha value is -1.26. The van der Waals surface area contributed by atoms with Gasteiger partial charge in [0.2, 0.25) is 0 Å². The number of carbonyl (C=O) groups is 2. The van der Waals surface area contributed by atoms with Crippen LogP contribution in [0, 0.1) is 0 Å². The smallest absolute Gasteiger partial charge is 0.326 e. The van der Waals surface area contributed by atoms with E-state index in [1.807, 2.05) is 0 Å². The highest BCUT2D eigenvalue weighted by Crippen LogP contribution is 2.34. The number of rotatable bonds is 1. The molecule has 0 aromatic heterocycles. The lowest BCUT2D eigenvalue weighted by Crippen LogP contribution is -2.36. The van der Waals surface area contributed by atoms with E-state index in [-0.39, 0.29) is 17.2 Å². The van der Waals surface area contributed by atoms with Crippen molar-refractivity contribution in [1.29, 1.82) is 0 Å². The number of carboxylic acid groups (broad SMARTS) is 1. The third-order valence-electron chi connectivity index (χ3n) is 2.35. The second-order valence-electron chi connectivity index (χ2n) is 3.47. The fourth-order valence-corrected chi connectivity index (χ4v) is 2.24. The van der Waals surface area contributed by atoms with Gasteiger partial charge < -0.3 is 10.4 Å². The number of nitrogens with one attached hydrogen (secondary N) is 1. The van der Waals surface area contributed by atoms with Crippen molar-refractivity contribution in [3.63, 3.8) is 0 Å². The molecule has 0 spiro atoms. The summed E-state index contributed by atoms with van der Waals surface area (Å²) in [6.07, 6.45) is -0.107. The van der Waals surface area contributed by atoms with Crippen LogP contribution in [0.4, 0.5) is 5.69 Å². The summed E-state index contributed by atoms with van der Waals surface area (Å²) < 4.78 is 0. The Kier molecular flexibility index (Phi) is 2.78. The lowest BCUT2D eigenvalue weighted by Gasteiger charge is -2.23. The van der Waals surface area contributed by atoms with Gasteiger partial charge in [-0.3, -0.25) is 4.79 Å². The number of carboxylic acids is 1. The average molecular weight is 260 g/mol. The normalized spacial score (nSPS) is 18.9. The van der Waals surface area contributed by atoms with E-state index >= 15 is 0 Å². The first-order chi connectivity index (χ1) is 7.49. The maximum absolute atomic E-state index is 11.7. The molecule has 84 valence electrons. The Morgan fingerprint density at radius 2 is 2.12 bits per heavy atom. The summed E-state index contributed by atoms with van der Waals surface area (Å²) in [5.74, 6) is -1.36. The second-order valence-corrected chi connectivity index (χ2v) is 4.32. The Bertz CT molecular complexity index is 487. The van der Waals surface area contributed by atoms with Gasteiger partial charge in [0, 0.05) is 17.1 Å². The summed E-state index contributed by atoms with van der Waals surface area (Å²) in [5, 5.41) is 12.2. The molecule has 2 N–H and O–H groups in total. The van der Waals surface area contributed by atoms with Crippen LogP contribution in [0.2, 0.25) is 10.0 Å². The van der Waals surface area contributed by atoms with E-state index in [0.29, 0.717) is 16.3 Å². The van der Waals surface area contributed by atoms with Crippen molar-refractivity contribution in [3.05, 3.63) is 27.7 Å². The predicted molar refractivity (Wildman–Crippen MR) is 60.5 cm³/mol. The van der Waals surface area contributed by atoms with E-state index in [1.54, 1.807) is 0 Å². The molecule has 2 rings (SSSR count). The summed E-state index contributed by atoms with van der Waals surface area (Å²) in [6.45, 7) is 0. The molecule has 1 atom stereocenters. The summed E-state index contributed by atoms with van der Waals surface area (Å²) in [5.41, 5.74) is 0.685. The standard InChI is InChI=1S/C10H7Cl2NO3/c11-4-1-5(12)9-6(2-4)13-7(10(15)16)3-8(9)14/h1-2,7,13H,3H2,(H,15,16)/t7-/m1/s1. The molecule has 1 aliphatic heterocycles. The largest absolute Gasteiger partial charge is 0.480 e. The van der Waals surface area contributed by atoms with Gasteiger partial charge in [-0.2, -0.15) is 0 Å². The summed E-state index contributed by atoms with van der Waals surface area (Å²) in [4.78, 5) is 22.5. The van der Waals surface area contributed by atoms with Crippen molar-refractivity contribution in [1.82, 2.24) is 0 Å². The molecule has 0 fully saturated rings. The molecular formula is C10H7Cl2NO3. The first-order valence-electron chi connectivity index (χ1n) is 4.50. The highest BCUT2D eigenvalue weighted by molar-refractivity contribution is 6.38. The predicted octanol–water partition coefficient (Wildman–Crippen LogP) is 2.44. The maximum Gasteiger partial charge on any atom is 0.326 e. The quantitative estimate of drug-likeness (QED) is 0.813. The van der Waals surface area contributed by atoms with Gasteiger partial charge >= 0.3 is 5.97 Å². The average Bonchev–Trinajstić information content (AvgIpc) is 2.15. The van der Waals surface area contributed by atoms with Crippen LogP contribution >= 0.6 is 23.2 Å². The third kappa shape index (κ3) is 1.86. The van der Waals surface area contributed by atoms with Crippen LogP contribution in [0.25, 0.3) is 0 Å². The summed E-state index contributed by atoms with van der Waals surface area (Å²) in [6, 6.07) is 2.04. The van der Waals surface area contributed by atoms with Gasteiger partial charge in [0.05, 0.1) is 10.6 Å². The Balaban J connectivity index is 2.50. The number of carbonyl (C=O) groups excluding carboxylic acids is 1. The van der Waals surface area contributed by atoms with Crippen LogP contribution in [0.5, 0.6) is 0 Å². The van der Waals surface area contributed by atoms with Crippen LogP contribution in [0.1, 0.15) is 16.8 Å². The molecule has 0 amide bonds. The number of ketones is 1. The minimum Gasteiger partial charge on any atom is -0.480 e. The van der Waals surface area contributed by atoms with Crippen LogP contribution in [0.3, 0.4) is 0 Å². The highest BCUT2D eigenvalue weighted by atomic mass is 35.5. The van der Waals surface area contributed by atoms with Crippen LogP contribution in [-0.4, -0.2) is 22.9 Å². The number of halogens is 2. The van der Waals surface area contributed by atoms with Gasteiger partial charge in [0.1, 0.15) is 6.04 Å². The molecule has 0 unspecified atom stereocenters. The topological polar surface area (TPSA) is 66.4 Å². The van der Waals surface area contributed by atoms with Crippen molar-refractivity contribution < 1.29 is 14.7 Å². The van der Waals surface area contributed by atoms with E-state index < -0.39 is 12.0 Å². The molecular weight excluding hydrogens is 253 g/mol. The van der Waals surface area contributed by atoms with E-state index in [4.69, 9.17) is 28.3 Å². The Morgan fingerprint density at radius 3 is 2.75 bits per heavy atom.